The molecule has 0 unspecified atom stereocenters. The van der Waals surface area contributed by atoms with Crippen LogP contribution in [0.2, 0.25) is 0 Å². The van der Waals surface area contributed by atoms with E-state index >= 15 is 0 Å². The Labute approximate surface area is 131 Å². The lowest BCUT2D eigenvalue weighted by Gasteiger charge is -2.08. The summed E-state index contributed by atoms with van der Waals surface area (Å²) in [5.41, 5.74) is -0.308. The molecule has 1 aromatic heterocycles. The van der Waals surface area contributed by atoms with Crippen LogP contribution in [0.25, 0.3) is 0 Å². The molecule has 0 radical (unpaired) electrons. The minimum absolute atomic E-state index is 0.156. The normalized spacial score (nSPS) is 11.3. The van der Waals surface area contributed by atoms with E-state index in [9.17, 15) is 27.9 Å². The smallest absolute Gasteiger partial charge is 0.397 e. The maximum Gasteiger partial charge on any atom is 0.397 e. The highest BCUT2D eigenvalue weighted by Crippen LogP contribution is 2.26. The lowest BCUT2D eigenvalue weighted by molar-refractivity contribution is -0.150. The molecule has 0 aliphatic heterocycles. The molecule has 0 spiro atoms. The highest BCUT2D eigenvalue weighted by molar-refractivity contribution is 7.99. The van der Waals surface area contributed by atoms with Crippen molar-refractivity contribution in [3.8, 4) is 5.88 Å². The van der Waals surface area contributed by atoms with Crippen molar-refractivity contribution in [2.45, 2.75) is 22.6 Å². The molecule has 1 amide bonds. The Morgan fingerprint density at radius 1 is 1.30 bits per heavy atom. The highest BCUT2D eigenvalue weighted by Gasteiger charge is 2.31. The van der Waals surface area contributed by atoms with Crippen molar-refractivity contribution in [3.63, 3.8) is 0 Å². The molecule has 3 N–H and O–H groups in total. The number of amides is 1. The van der Waals surface area contributed by atoms with E-state index in [1.807, 2.05) is 0 Å². The monoisotopic (exact) mass is 345 g/mol. The van der Waals surface area contributed by atoms with Crippen LogP contribution in [0, 0.1) is 0 Å². The molecule has 0 fully saturated rings. The Balaban J connectivity index is 2.02. The number of rotatable bonds is 4. The summed E-state index contributed by atoms with van der Waals surface area (Å²) in [6.45, 7) is 0. The van der Waals surface area contributed by atoms with Crippen LogP contribution < -0.4 is 10.9 Å². The van der Waals surface area contributed by atoms with Gasteiger partial charge in [0, 0.05) is 10.6 Å². The minimum atomic E-state index is -4.56. The van der Waals surface area contributed by atoms with Crippen LogP contribution in [0.5, 0.6) is 5.88 Å². The quantitative estimate of drug-likeness (QED) is 0.740. The van der Waals surface area contributed by atoms with E-state index in [1.54, 1.807) is 0 Å². The third-order valence-corrected chi connectivity index (χ3v) is 3.31. The van der Waals surface area contributed by atoms with E-state index in [0.717, 1.165) is 17.8 Å². The third-order valence-electron chi connectivity index (χ3n) is 2.42. The summed E-state index contributed by atoms with van der Waals surface area (Å²) in [5, 5.41) is 11.5. The summed E-state index contributed by atoms with van der Waals surface area (Å²) >= 11 is 1.03. The second-order valence-corrected chi connectivity index (χ2v) is 5.44. The van der Waals surface area contributed by atoms with Gasteiger partial charge in [-0.15, -0.1) is 0 Å². The number of aromatic amines is 1. The number of H-pyrrole nitrogens is 1. The molecule has 0 aliphatic carbocycles. The second kappa shape index (κ2) is 6.73. The Bertz CT molecular complexity index is 760. The van der Waals surface area contributed by atoms with Gasteiger partial charge in [0.1, 0.15) is 6.42 Å². The molecule has 0 aliphatic rings. The maximum absolute atomic E-state index is 12.1. The van der Waals surface area contributed by atoms with Gasteiger partial charge >= 0.3 is 6.18 Å². The number of halogens is 3. The molecule has 23 heavy (non-hydrogen) atoms. The van der Waals surface area contributed by atoms with Gasteiger partial charge in [0.05, 0.1) is 6.07 Å². The first-order valence-electron chi connectivity index (χ1n) is 6.16. The maximum atomic E-state index is 12.1. The van der Waals surface area contributed by atoms with Gasteiger partial charge in [0.2, 0.25) is 11.8 Å². The van der Waals surface area contributed by atoms with E-state index in [-0.39, 0.29) is 10.8 Å². The van der Waals surface area contributed by atoms with Crippen molar-refractivity contribution in [1.29, 1.82) is 0 Å². The molecule has 10 heteroatoms. The van der Waals surface area contributed by atoms with Gasteiger partial charge in [0.15, 0.2) is 5.16 Å². The van der Waals surface area contributed by atoms with Crippen LogP contribution in [0.3, 0.4) is 0 Å². The summed E-state index contributed by atoms with van der Waals surface area (Å²) in [4.78, 5) is 29.1. The Hall–Kier alpha value is -2.49. The van der Waals surface area contributed by atoms with E-state index in [0.29, 0.717) is 4.90 Å². The third kappa shape index (κ3) is 5.66. The summed E-state index contributed by atoms with van der Waals surface area (Å²) in [5.74, 6) is -1.58. The highest BCUT2D eigenvalue weighted by atomic mass is 32.2. The first-order chi connectivity index (χ1) is 10.7. The van der Waals surface area contributed by atoms with Crippen molar-refractivity contribution in [2.75, 3.05) is 5.32 Å². The average Bonchev–Trinajstić information content (AvgIpc) is 2.37. The first-order valence-corrected chi connectivity index (χ1v) is 6.98. The number of nitrogens with one attached hydrogen (secondary N) is 2. The molecular formula is C13H10F3N3O3S. The SMILES string of the molecule is O=C(CC(F)(F)F)Nc1ccc(Sc2nc(O)cc(=O)[nH]2)cc1. The molecule has 0 saturated heterocycles. The van der Waals surface area contributed by atoms with Crippen LogP contribution in [0.4, 0.5) is 18.9 Å². The molecule has 1 heterocycles. The number of nitrogens with zero attached hydrogens (tertiary/aromatic N) is 1. The number of benzene rings is 1. The number of carbonyl (C=O) groups excluding carboxylic acids is 1. The fourth-order valence-electron chi connectivity index (χ4n) is 1.58. The van der Waals surface area contributed by atoms with Crippen LogP contribution in [0.1, 0.15) is 6.42 Å². The van der Waals surface area contributed by atoms with E-state index < -0.39 is 29.9 Å². The minimum Gasteiger partial charge on any atom is -0.493 e. The number of anilines is 1. The topological polar surface area (TPSA) is 95.1 Å². The molecule has 6 nitrogen and oxygen atoms in total. The zero-order valence-electron chi connectivity index (χ0n) is 11.3. The second-order valence-electron chi connectivity index (χ2n) is 4.38. The van der Waals surface area contributed by atoms with Crippen LogP contribution in [-0.2, 0) is 4.79 Å². The van der Waals surface area contributed by atoms with Gasteiger partial charge in [-0.25, -0.2) is 0 Å². The number of hydrogen-bond acceptors (Lipinski definition) is 5. The predicted octanol–water partition coefficient (Wildman–Crippen LogP) is 2.52. The molecular weight excluding hydrogens is 335 g/mol. The first kappa shape index (κ1) is 16.9. The van der Waals surface area contributed by atoms with Crippen LogP contribution in [0.15, 0.2) is 45.2 Å². The van der Waals surface area contributed by atoms with Gasteiger partial charge < -0.3 is 15.4 Å². The number of aromatic hydroxyl groups is 1. The van der Waals surface area contributed by atoms with Gasteiger partial charge in [-0.2, -0.15) is 18.2 Å². The predicted molar refractivity (Wildman–Crippen MR) is 76.4 cm³/mol. The fourth-order valence-corrected chi connectivity index (χ4v) is 2.36. The molecule has 0 saturated carbocycles. The lowest BCUT2D eigenvalue weighted by Crippen LogP contribution is -2.21. The lowest BCUT2D eigenvalue weighted by atomic mass is 10.3. The molecule has 122 valence electrons. The number of carbonyl (C=O) groups is 1. The summed E-state index contributed by atoms with van der Waals surface area (Å²) < 4.78 is 36.2. The Morgan fingerprint density at radius 2 is 1.96 bits per heavy atom. The summed E-state index contributed by atoms with van der Waals surface area (Å²) in [6, 6.07) is 6.80. The number of aromatic nitrogens is 2. The average molecular weight is 345 g/mol. The van der Waals surface area contributed by atoms with E-state index in [4.69, 9.17) is 0 Å². The number of alkyl halides is 3. The molecule has 2 aromatic rings. The van der Waals surface area contributed by atoms with Crippen molar-refractivity contribution in [3.05, 3.63) is 40.7 Å². The summed E-state index contributed by atoms with van der Waals surface area (Å²) in [6.07, 6.45) is -6.12. The molecule has 0 atom stereocenters. The van der Waals surface area contributed by atoms with E-state index in [2.05, 4.69) is 15.3 Å². The van der Waals surface area contributed by atoms with Gasteiger partial charge in [-0.1, -0.05) is 11.8 Å². The van der Waals surface area contributed by atoms with Crippen LogP contribution >= 0.6 is 11.8 Å². The number of hydrogen-bond donors (Lipinski definition) is 3. The zero-order chi connectivity index (χ0) is 17.0. The molecule has 0 bridgehead atoms. The van der Waals surface area contributed by atoms with Crippen molar-refractivity contribution in [1.82, 2.24) is 9.97 Å². The molecule has 2 rings (SSSR count). The molecule has 1 aromatic carbocycles. The Kier molecular flexibility index (Phi) is 4.94. The summed E-state index contributed by atoms with van der Waals surface area (Å²) in [7, 11) is 0. The Morgan fingerprint density at radius 3 is 2.52 bits per heavy atom. The standard InChI is InChI=1S/C13H10F3N3O3S/c14-13(15,16)6-11(22)17-7-1-3-8(4-2-7)23-12-18-9(20)5-10(21)19-12/h1-5H,6H2,(H,17,22)(H2,18,19,20,21). The zero-order valence-corrected chi connectivity index (χ0v) is 12.2. The van der Waals surface area contributed by atoms with Gasteiger partial charge in [0.25, 0.3) is 5.56 Å². The largest absolute Gasteiger partial charge is 0.493 e. The van der Waals surface area contributed by atoms with Crippen molar-refractivity contribution in [2.24, 2.45) is 0 Å². The fraction of sp³-hybridized carbons (Fsp3) is 0.154. The van der Waals surface area contributed by atoms with Gasteiger partial charge in [-0.3, -0.25) is 9.59 Å². The van der Waals surface area contributed by atoms with Crippen molar-refractivity contribution >= 4 is 23.4 Å². The van der Waals surface area contributed by atoms with Gasteiger partial charge in [-0.05, 0) is 24.3 Å². The van der Waals surface area contributed by atoms with Crippen molar-refractivity contribution < 1.29 is 23.1 Å². The van der Waals surface area contributed by atoms with Crippen LogP contribution in [-0.4, -0.2) is 27.2 Å². The van der Waals surface area contributed by atoms with E-state index in [1.165, 1.54) is 24.3 Å².